The lowest BCUT2D eigenvalue weighted by Crippen LogP contribution is -2.28. The fourth-order valence-electron chi connectivity index (χ4n) is 3.21. The zero-order chi connectivity index (χ0) is 16.8. The van der Waals surface area contributed by atoms with Crippen LogP contribution in [0.3, 0.4) is 0 Å². The highest BCUT2D eigenvalue weighted by Crippen LogP contribution is 2.38. The van der Waals surface area contributed by atoms with Crippen LogP contribution in [0.15, 0.2) is 0 Å². The Labute approximate surface area is 140 Å². The molecular formula is C16H22N6O2. The van der Waals surface area contributed by atoms with Gasteiger partial charge in [-0.15, -0.1) is 0 Å². The number of carbonyl (C=O) groups is 1. The molecule has 1 saturated carbocycles. The Balaban J connectivity index is 1.47. The third-order valence-corrected chi connectivity index (χ3v) is 4.67. The number of nitrogens with zero attached hydrogens (tertiary/aromatic N) is 4. The lowest BCUT2D eigenvalue weighted by Gasteiger charge is -2.25. The Morgan fingerprint density at radius 3 is 2.96 bits per heavy atom. The number of nitrogens with one attached hydrogen (secondary N) is 2. The molecule has 0 radical (unpaired) electrons. The molecule has 2 aromatic heterocycles. The van der Waals surface area contributed by atoms with Gasteiger partial charge in [-0.25, -0.2) is 4.98 Å². The molecule has 24 heavy (non-hydrogen) atoms. The van der Waals surface area contributed by atoms with Crippen LogP contribution in [-0.4, -0.2) is 37.0 Å². The Hall–Kier alpha value is -2.22. The van der Waals surface area contributed by atoms with Crippen molar-refractivity contribution >= 4 is 5.91 Å². The standard InChI is InChI=1S/C16H22N6O2/c1-8-6-11-13(9(2)24-8)19-20-14(11)16(23)17-7-12-18-15(10-4-5-10)21-22(12)3/h8-10H,4-7H2,1-3H3,(H,17,23)(H,19,20)/t8-,9+/m1/s1. The Kier molecular flexibility index (Phi) is 3.64. The van der Waals surface area contributed by atoms with E-state index in [1.54, 1.807) is 4.68 Å². The number of aryl methyl sites for hydroxylation is 1. The molecule has 0 unspecified atom stereocenters. The van der Waals surface area contributed by atoms with E-state index in [0.717, 1.165) is 35.7 Å². The third kappa shape index (κ3) is 2.71. The first kappa shape index (κ1) is 15.3. The van der Waals surface area contributed by atoms with Crippen molar-refractivity contribution in [2.75, 3.05) is 0 Å². The predicted molar refractivity (Wildman–Crippen MR) is 85.4 cm³/mol. The zero-order valence-electron chi connectivity index (χ0n) is 14.2. The highest BCUT2D eigenvalue weighted by atomic mass is 16.5. The van der Waals surface area contributed by atoms with Gasteiger partial charge in [0.1, 0.15) is 5.82 Å². The van der Waals surface area contributed by atoms with E-state index >= 15 is 0 Å². The van der Waals surface area contributed by atoms with Gasteiger partial charge in [-0.1, -0.05) is 0 Å². The van der Waals surface area contributed by atoms with Crippen LogP contribution in [0.2, 0.25) is 0 Å². The van der Waals surface area contributed by atoms with Crippen LogP contribution < -0.4 is 5.32 Å². The van der Waals surface area contributed by atoms with Crippen molar-refractivity contribution in [1.82, 2.24) is 30.3 Å². The second kappa shape index (κ2) is 5.70. The first-order valence-electron chi connectivity index (χ1n) is 8.43. The van der Waals surface area contributed by atoms with Gasteiger partial charge in [0.05, 0.1) is 24.4 Å². The molecule has 0 spiro atoms. The highest BCUT2D eigenvalue weighted by Gasteiger charge is 2.30. The summed E-state index contributed by atoms with van der Waals surface area (Å²) in [6.45, 7) is 4.32. The molecule has 2 aliphatic rings. The largest absolute Gasteiger partial charge is 0.369 e. The zero-order valence-corrected chi connectivity index (χ0v) is 14.2. The SMILES string of the molecule is C[C@@H]1Cc2c(C(=O)NCc3nc(C4CC4)nn3C)n[nH]c2[C@H](C)O1. The van der Waals surface area contributed by atoms with Gasteiger partial charge < -0.3 is 10.1 Å². The molecule has 1 fully saturated rings. The maximum atomic E-state index is 12.5. The molecule has 8 heteroatoms. The number of ether oxygens (including phenoxy) is 1. The van der Waals surface area contributed by atoms with Gasteiger partial charge in [-0.2, -0.15) is 10.2 Å². The number of carbonyl (C=O) groups excluding carboxylic acids is 1. The summed E-state index contributed by atoms with van der Waals surface area (Å²) in [6.07, 6.45) is 3.02. The second-order valence-corrected chi connectivity index (χ2v) is 6.72. The molecule has 0 saturated heterocycles. The minimum absolute atomic E-state index is 0.0716. The van der Waals surface area contributed by atoms with E-state index < -0.39 is 0 Å². The molecule has 8 nitrogen and oxygen atoms in total. The third-order valence-electron chi connectivity index (χ3n) is 4.67. The summed E-state index contributed by atoms with van der Waals surface area (Å²) in [6, 6.07) is 0. The van der Waals surface area contributed by atoms with Crippen LogP contribution in [0, 0.1) is 0 Å². The topological polar surface area (TPSA) is 97.7 Å². The number of fused-ring (bicyclic) bond motifs is 1. The predicted octanol–water partition coefficient (Wildman–Crippen LogP) is 1.37. The number of aromatic amines is 1. The summed E-state index contributed by atoms with van der Waals surface area (Å²) >= 11 is 0. The van der Waals surface area contributed by atoms with Crippen LogP contribution in [-0.2, 0) is 24.8 Å². The summed E-state index contributed by atoms with van der Waals surface area (Å²) in [7, 11) is 1.86. The van der Waals surface area contributed by atoms with E-state index in [1.165, 1.54) is 0 Å². The molecule has 3 heterocycles. The lowest BCUT2D eigenvalue weighted by molar-refractivity contribution is -0.00697. The molecule has 1 aliphatic heterocycles. The number of rotatable bonds is 4. The average Bonchev–Trinajstić information content (AvgIpc) is 3.19. The number of aromatic nitrogens is 5. The van der Waals surface area contributed by atoms with E-state index in [1.807, 2.05) is 20.9 Å². The van der Waals surface area contributed by atoms with Gasteiger partial charge >= 0.3 is 0 Å². The summed E-state index contributed by atoms with van der Waals surface area (Å²) < 4.78 is 7.50. The van der Waals surface area contributed by atoms with Gasteiger partial charge in [-0.3, -0.25) is 14.6 Å². The summed E-state index contributed by atoms with van der Waals surface area (Å²) in [4.78, 5) is 17.1. The molecule has 2 N–H and O–H groups in total. The van der Waals surface area contributed by atoms with Gasteiger partial charge in [0.15, 0.2) is 11.5 Å². The Morgan fingerprint density at radius 2 is 2.21 bits per heavy atom. The minimum atomic E-state index is -0.190. The van der Waals surface area contributed by atoms with E-state index in [-0.39, 0.29) is 18.1 Å². The van der Waals surface area contributed by atoms with Crippen molar-refractivity contribution in [3.8, 4) is 0 Å². The van der Waals surface area contributed by atoms with Crippen molar-refractivity contribution in [3.05, 3.63) is 28.6 Å². The van der Waals surface area contributed by atoms with Crippen LogP contribution in [0.1, 0.15) is 72.1 Å². The van der Waals surface area contributed by atoms with Crippen LogP contribution in [0.25, 0.3) is 0 Å². The molecule has 0 aromatic carbocycles. The van der Waals surface area contributed by atoms with E-state index in [2.05, 4.69) is 25.6 Å². The quantitative estimate of drug-likeness (QED) is 0.882. The smallest absolute Gasteiger partial charge is 0.272 e. The molecular weight excluding hydrogens is 308 g/mol. The van der Waals surface area contributed by atoms with Gasteiger partial charge in [0.25, 0.3) is 5.91 Å². The molecule has 1 aliphatic carbocycles. The van der Waals surface area contributed by atoms with Gasteiger partial charge in [0, 0.05) is 24.9 Å². The van der Waals surface area contributed by atoms with E-state index in [9.17, 15) is 4.79 Å². The lowest BCUT2D eigenvalue weighted by atomic mass is 9.99. The fraction of sp³-hybridized carbons (Fsp3) is 0.625. The first-order chi connectivity index (χ1) is 11.5. The van der Waals surface area contributed by atoms with Crippen LogP contribution in [0.5, 0.6) is 0 Å². The average molecular weight is 330 g/mol. The molecule has 128 valence electrons. The molecule has 0 bridgehead atoms. The molecule has 2 aromatic rings. The normalized spacial score (nSPS) is 23.1. The molecule has 4 rings (SSSR count). The number of H-pyrrole nitrogens is 1. The molecule has 2 atom stereocenters. The Morgan fingerprint density at radius 1 is 1.42 bits per heavy atom. The maximum Gasteiger partial charge on any atom is 0.272 e. The van der Waals surface area contributed by atoms with Crippen molar-refractivity contribution in [1.29, 1.82) is 0 Å². The van der Waals surface area contributed by atoms with E-state index in [0.29, 0.717) is 24.6 Å². The highest BCUT2D eigenvalue weighted by molar-refractivity contribution is 5.94. The Bertz CT molecular complexity index is 776. The van der Waals surface area contributed by atoms with Crippen LogP contribution in [0.4, 0.5) is 0 Å². The fourth-order valence-corrected chi connectivity index (χ4v) is 3.21. The molecule has 1 amide bonds. The summed E-state index contributed by atoms with van der Waals surface area (Å²) in [5.74, 6) is 1.96. The first-order valence-corrected chi connectivity index (χ1v) is 8.43. The maximum absolute atomic E-state index is 12.5. The van der Waals surface area contributed by atoms with E-state index in [4.69, 9.17) is 4.74 Å². The van der Waals surface area contributed by atoms with Crippen molar-refractivity contribution in [2.24, 2.45) is 7.05 Å². The number of hydrogen-bond donors (Lipinski definition) is 2. The second-order valence-electron chi connectivity index (χ2n) is 6.72. The van der Waals surface area contributed by atoms with Crippen molar-refractivity contribution in [3.63, 3.8) is 0 Å². The van der Waals surface area contributed by atoms with Crippen molar-refractivity contribution < 1.29 is 9.53 Å². The number of amides is 1. The van der Waals surface area contributed by atoms with Gasteiger partial charge in [0.2, 0.25) is 0 Å². The van der Waals surface area contributed by atoms with Crippen LogP contribution >= 0.6 is 0 Å². The number of hydrogen-bond acceptors (Lipinski definition) is 5. The van der Waals surface area contributed by atoms with Gasteiger partial charge in [-0.05, 0) is 26.7 Å². The monoisotopic (exact) mass is 330 g/mol. The summed E-state index contributed by atoms with van der Waals surface area (Å²) in [5, 5.41) is 14.5. The van der Waals surface area contributed by atoms with Crippen molar-refractivity contribution in [2.45, 2.75) is 57.8 Å². The minimum Gasteiger partial charge on any atom is -0.369 e. The summed E-state index contributed by atoms with van der Waals surface area (Å²) in [5.41, 5.74) is 2.31.